The number of aryl methyl sites for hydroxylation is 1. The second-order valence-electron chi connectivity index (χ2n) is 6.98. The van der Waals surface area contributed by atoms with Crippen LogP contribution in [0.15, 0.2) is 40.5 Å². The van der Waals surface area contributed by atoms with Gasteiger partial charge < -0.3 is 4.74 Å². The lowest BCUT2D eigenvalue weighted by molar-refractivity contribution is -0.137. The van der Waals surface area contributed by atoms with Crippen molar-refractivity contribution in [2.45, 2.75) is 29.4 Å². The van der Waals surface area contributed by atoms with Crippen LogP contribution in [-0.2, 0) is 22.4 Å². The van der Waals surface area contributed by atoms with Crippen LogP contribution < -0.4 is 0 Å². The first-order valence-corrected chi connectivity index (χ1v) is 12.7. The molecule has 0 spiro atoms. The number of rotatable bonds is 5. The number of esters is 1. The number of thiophene rings is 1. The molecule has 0 fully saturated rings. The molecule has 5 nitrogen and oxygen atoms in total. The molecule has 3 aromatic heterocycles. The van der Waals surface area contributed by atoms with Crippen LogP contribution in [0.5, 0.6) is 0 Å². The van der Waals surface area contributed by atoms with E-state index in [1.54, 1.807) is 11.3 Å². The fraction of sp³-hybridized carbons (Fsp3) is 0.273. The highest BCUT2D eigenvalue weighted by Gasteiger charge is 2.25. The van der Waals surface area contributed by atoms with Crippen LogP contribution in [0.1, 0.15) is 17.5 Å². The summed E-state index contributed by atoms with van der Waals surface area (Å²) in [5, 5.41) is 2.71. The van der Waals surface area contributed by atoms with Crippen LogP contribution in [0.4, 0.5) is 0 Å². The first-order chi connectivity index (χ1) is 14.7. The van der Waals surface area contributed by atoms with E-state index in [4.69, 9.17) is 14.7 Å². The minimum atomic E-state index is -0.260. The van der Waals surface area contributed by atoms with Gasteiger partial charge in [-0.25, -0.2) is 15.0 Å². The van der Waals surface area contributed by atoms with E-state index in [-0.39, 0.29) is 11.7 Å². The maximum atomic E-state index is 11.7. The molecule has 0 bridgehead atoms. The Balaban J connectivity index is 1.76. The first kappa shape index (κ1) is 19.8. The van der Waals surface area contributed by atoms with Crippen molar-refractivity contribution in [2.24, 2.45) is 0 Å². The number of benzene rings is 1. The van der Waals surface area contributed by atoms with Gasteiger partial charge in [0.05, 0.1) is 28.8 Å². The van der Waals surface area contributed by atoms with Gasteiger partial charge in [-0.2, -0.15) is 0 Å². The number of aromatic nitrogens is 3. The van der Waals surface area contributed by atoms with E-state index in [0.29, 0.717) is 5.16 Å². The van der Waals surface area contributed by atoms with Gasteiger partial charge in [0, 0.05) is 10.9 Å². The van der Waals surface area contributed by atoms with Gasteiger partial charge in [-0.3, -0.25) is 4.79 Å². The lowest BCUT2D eigenvalue weighted by Crippen LogP contribution is -2.03. The Hall–Kier alpha value is -2.16. The van der Waals surface area contributed by atoms with Crippen molar-refractivity contribution in [3.05, 3.63) is 41.5 Å². The minimum Gasteiger partial charge on any atom is -0.468 e. The maximum Gasteiger partial charge on any atom is 0.316 e. The van der Waals surface area contributed by atoms with Gasteiger partial charge in [0.15, 0.2) is 5.16 Å². The summed E-state index contributed by atoms with van der Waals surface area (Å²) in [7, 11) is 1.41. The van der Waals surface area contributed by atoms with Crippen molar-refractivity contribution in [3.63, 3.8) is 0 Å². The third kappa shape index (κ3) is 3.36. The second kappa shape index (κ2) is 8.17. The van der Waals surface area contributed by atoms with Gasteiger partial charge in [0.2, 0.25) is 0 Å². The van der Waals surface area contributed by atoms with Gasteiger partial charge in [-0.1, -0.05) is 53.9 Å². The summed E-state index contributed by atoms with van der Waals surface area (Å²) in [4.78, 5) is 27.4. The van der Waals surface area contributed by atoms with Crippen molar-refractivity contribution >= 4 is 61.3 Å². The summed E-state index contributed by atoms with van der Waals surface area (Å²) in [6, 6.07) is 10.4. The predicted octanol–water partition coefficient (Wildman–Crippen LogP) is 5.38. The fourth-order valence-corrected chi connectivity index (χ4v) is 6.44. The van der Waals surface area contributed by atoms with E-state index in [1.807, 2.05) is 12.3 Å². The second-order valence-corrected chi connectivity index (χ2v) is 9.71. The smallest absolute Gasteiger partial charge is 0.316 e. The zero-order chi connectivity index (χ0) is 20.7. The molecular weight excluding hydrogens is 434 g/mol. The molecule has 0 N–H and O–H groups in total. The van der Waals surface area contributed by atoms with E-state index in [0.717, 1.165) is 50.6 Å². The normalized spacial score (nSPS) is 13.1. The highest BCUT2D eigenvalue weighted by Crippen LogP contribution is 2.44. The lowest BCUT2D eigenvalue weighted by Gasteiger charge is -2.09. The molecule has 0 amide bonds. The Morgan fingerprint density at radius 3 is 2.70 bits per heavy atom. The molecule has 0 aliphatic heterocycles. The van der Waals surface area contributed by atoms with Gasteiger partial charge in [-0.15, -0.1) is 11.3 Å². The Labute approximate surface area is 186 Å². The van der Waals surface area contributed by atoms with E-state index >= 15 is 0 Å². The number of fused-ring (bicyclic) bond motifs is 5. The molecule has 30 heavy (non-hydrogen) atoms. The first-order valence-electron chi connectivity index (χ1n) is 9.64. The van der Waals surface area contributed by atoms with Gasteiger partial charge in [0.1, 0.15) is 9.86 Å². The van der Waals surface area contributed by atoms with E-state index < -0.39 is 0 Å². The lowest BCUT2D eigenvalue weighted by atomic mass is 10.0. The third-order valence-electron chi connectivity index (χ3n) is 5.27. The average molecular weight is 454 g/mol. The van der Waals surface area contributed by atoms with E-state index in [2.05, 4.69) is 29.2 Å². The summed E-state index contributed by atoms with van der Waals surface area (Å²) < 4.78 is 5.81. The van der Waals surface area contributed by atoms with Crippen LogP contribution in [0.3, 0.4) is 0 Å². The van der Waals surface area contributed by atoms with Crippen molar-refractivity contribution in [3.8, 4) is 11.3 Å². The Morgan fingerprint density at radius 2 is 1.93 bits per heavy atom. The predicted molar refractivity (Wildman–Crippen MR) is 125 cm³/mol. The van der Waals surface area contributed by atoms with E-state index in [9.17, 15) is 4.79 Å². The number of pyridine rings is 1. The number of thioether (sulfide) groups is 2. The number of methoxy groups -OCH3 is 1. The highest BCUT2D eigenvalue weighted by atomic mass is 32.2. The number of nitrogens with zero attached hydrogens (tertiary/aromatic N) is 3. The van der Waals surface area contributed by atoms with Crippen LogP contribution in [-0.4, -0.2) is 40.0 Å². The van der Waals surface area contributed by atoms with E-state index in [1.165, 1.54) is 47.1 Å². The van der Waals surface area contributed by atoms with Crippen molar-refractivity contribution in [2.75, 3.05) is 19.1 Å². The third-order valence-corrected chi connectivity index (χ3v) is 7.97. The molecule has 4 aromatic rings. The van der Waals surface area contributed by atoms with Crippen LogP contribution in [0.2, 0.25) is 0 Å². The number of carbonyl (C=O) groups excluding carboxylic acids is 1. The van der Waals surface area contributed by atoms with Crippen molar-refractivity contribution < 1.29 is 9.53 Å². The number of ether oxygens (including phenoxy) is 1. The maximum absolute atomic E-state index is 11.7. The van der Waals surface area contributed by atoms with Gasteiger partial charge in [-0.05, 0) is 36.6 Å². The zero-order valence-electron chi connectivity index (χ0n) is 16.6. The number of hydrogen-bond donors (Lipinski definition) is 0. The number of carbonyl (C=O) groups is 1. The average Bonchev–Trinajstić information content (AvgIpc) is 3.41. The zero-order valence-corrected chi connectivity index (χ0v) is 19.0. The van der Waals surface area contributed by atoms with Gasteiger partial charge in [0.25, 0.3) is 0 Å². The molecule has 0 atom stereocenters. The Morgan fingerprint density at radius 1 is 1.13 bits per heavy atom. The largest absolute Gasteiger partial charge is 0.468 e. The summed E-state index contributed by atoms with van der Waals surface area (Å²) in [6.45, 7) is 0. The fourth-order valence-electron chi connectivity index (χ4n) is 3.93. The molecule has 3 heterocycles. The number of hydrogen-bond acceptors (Lipinski definition) is 8. The summed E-state index contributed by atoms with van der Waals surface area (Å²) in [5.74, 6) is -0.0326. The molecule has 5 rings (SSSR count). The molecule has 152 valence electrons. The summed E-state index contributed by atoms with van der Waals surface area (Å²) >= 11 is 4.54. The highest BCUT2D eigenvalue weighted by molar-refractivity contribution is 8.00. The van der Waals surface area contributed by atoms with Crippen LogP contribution in [0.25, 0.3) is 31.7 Å². The Bertz CT molecular complexity index is 1270. The molecule has 8 heteroatoms. The summed E-state index contributed by atoms with van der Waals surface area (Å²) in [5.41, 5.74) is 5.93. The molecule has 0 saturated heterocycles. The molecule has 1 aliphatic carbocycles. The summed E-state index contributed by atoms with van der Waals surface area (Å²) in [6.07, 6.45) is 5.20. The monoisotopic (exact) mass is 453 g/mol. The minimum absolute atomic E-state index is 0.228. The standard InChI is InChI=1S/C22H19N3O2S3/c1-27-15(26)11-29-21-19-18(24-22(25-21)28-2)16-13-9-6-10-14(13)17(23-20(16)30-19)12-7-4-3-5-8-12/h3-5,7-8H,6,9-11H2,1-2H3. The van der Waals surface area contributed by atoms with Crippen LogP contribution in [0, 0.1) is 0 Å². The van der Waals surface area contributed by atoms with Gasteiger partial charge >= 0.3 is 5.97 Å². The topological polar surface area (TPSA) is 65.0 Å². The molecule has 0 radical (unpaired) electrons. The van der Waals surface area contributed by atoms with Crippen molar-refractivity contribution in [1.29, 1.82) is 0 Å². The molecule has 1 aromatic carbocycles. The SMILES string of the molecule is COC(=O)CSc1nc(SC)nc2c1sc1nc(-c3ccccc3)c3c(c12)CCC3. The molecular formula is C22H19N3O2S3. The molecule has 0 saturated carbocycles. The molecule has 1 aliphatic rings. The van der Waals surface area contributed by atoms with Crippen LogP contribution >= 0.6 is 34.9 Å². The Kier molecular flexibility index (Phi) is 5.39. The quantitative estimate of drug-likeness (QED) is 0.174. The molecule has 0 unspecified atom stereocenters. The van der Waals surface area contributed by atoms with Crippen molar-refractivity contribution in [1.82, 2.24) is 15.0 Å².